The third-order valence-electron chi connectivity index (χ3n) is 8.37. The van der Waals surface area contributed by atoms with Gasteiger partial charge < -0.3 is 26.6 Å². The molecule has 0 aliphatic rings. The van der Waals surface area contributed by atoms with Gasteiger partial charge in [0.15, 0.2) is 0 Å². The fraction of sp³-hybridized carbons (Fsp3) is 0.366. The van der Waals surface area contributed by atoms with Crippen LogP contribution in [0.1, 0.15) is 80.0 Å². The van der Waals surface area contributed by atoms with Crippen LogP contribution in [0.2, 0.25) is 0 Å². The maximum atomic E-state index is 6.01. The van der Waals surface area contributed by atoms with E-state index in [1.54, 1.807) is 5.30 Å². The summed E-state index contributed by atoms with van der Waals surface area (Å²) in [5.41, 5.74) is 8.10. The maximum absolute atomic E-state index is 6.01. The second-order valence-electron chi connectivity index (χ2n) is 12.2. The Balaban J connectivity index is 0.00000552. The molecule has 0 aliphatic heterocycles. The first kappa shape index (κ1) is 36.8. The molecule has 4 heteroatoms. The molecule has 0 fully saturated rings. The average molecular weight is 687 g/mol. The molecular formula is C41H53BrNOP. The normalized spacial score (nSPS) is 11.9. The zero-order valence-electron chi connectivity index (χ0n) is 27.7. The van der Waals surface area contributed by atoms with Gasteiger partial charge in [0.25, 0.3) is 0 Å². The van der Waals surface area contributed by atoms with E-state index in [9.17, 15) is 0 Å². The van der Waals surface area contributed by atoms with E-state index in [1.807, 2.05) is 0 Å². The zero-order valence-corrected chi connectivity index (χ0v) is 30.4. The molecule has 240 valence electrons. The van der Waals surface area contributed by atoms with Crippen LogP contribution in [0.4, 0.5) is 0 Å². The van der Waals surface area contributed by atoms with E-state index in [1.165, 1.54) is 90.9 Å². The number of hydrogen-bond acceptors (Lipinski definition) is 2. The number of benzene rings is 4. The Morgan fingerprint density at radius 1 is 0.600 bits per heavy atom. The number of rotatable bonds is 19. The molecule has 0 heterocycles. The highest BCUT2D eigenvalue weighted by Gasteiger charge is 2.14. The number of unbranched alkanes of at least 4 members (excludes halogenated alkanes) is 7. The smallest absolute Gasteiger partial charge is 0.119 e. The first-order chi connectivity index (χ1) is 21.6. The van der Waals surface area contributed by atoms with Crippen LogP contribution in [0.3, 0.4) is 0 Å². The molecule has 0 spiro atoms. The van der Waals surface area contributed by atoms with E-state index < -0.39 is 0 Å². The number of likely N-dealkylation sites (N-methyl/N-ethyl adjacent to an activating group) is 1. The fourth-order valence-corrected chi connectivity index (χ4v) is 7.29. The molecule has 0 radical (unpaired) electrons. The van der Waals surface area contributed by atoms with Crippen molar-refractivity contribution >= 4 is 25.0 Å². The SMILES string of the molecule is Cc1ccccc1[PH2+]CCCCCCCCCC/C(=C(\c1ccccc1)c1ccc(OCCN(C)C)cc1)c1ccccc1.[Br-]. The Kier molecular flexibility index (Phi) is 17.3. The standard InChI is InChI=1S/C41H52NOP.BrH/c1-34-20-17-18-26-40(34)44-33-19-9-7-5-4-6-8-16-25-39(35-21-12-10-13-22-35)41(36-23-14-11-15-24-36)37-27-29-38(30-28-37)43-32-31-42(2)3;/h10-15,17-18,20-24,26-30,44H,4-9,16,19,25,31-33H2,1-3H3;1H/b41-39-;. The van der Waals surface area contributed by atoms with Crippen LogP contribution in [0.15, 0.2) is 109 Å². The summed E-state index contributed by atoms with van der Waals surface area (Å²) in [6.45, 7) is 3.85. The number of ether oxygens (including phenoxy) is 1. The first-order valence-corrected chi connectivity index (χ1v) is 18.1. The van der Waals surface area contributed by atoms with Crippen LogP contribution in [0.5, 0.6) is 5.75 Å². The molecule has 4 aromatic rings. The van der Waals surface area contributed by atoms with Crippen LogP contribution in [-0.2, 0) is 0 Å². The molecule has 1 atom stereocenters. The third-order valence-corrected chi connectivity index (χ3v) is 10.2. The van der Waals surface area contributed by atoms with Crippen LogP contribution in [0, 0.1) is 6.92 Å². The molecule has 0 aromatic heterocycles. The van der Waals surface area contributed by atoms with Gasteiger partial charge in [-0.3, -0.25) is 0 Å². The molecule has 2 nitrogen and oxygen atoms in total. The van der Waals surface area contributed by atoms with E-state index in [2.05, 4.69) is 135 Å². The van der Waals surface area contributed by atoms with Gasteiger partial charge in [-0.05, 0) is 98.3 Å². The van der Waals surface area contributed by atoms with Crippen molar-refractivity contribution in [2.75, 3.05) is 33.4 Å². The van der Waals surface area contributed by atoms with Crippen molar-refractivity contribution in [1.29, 1.82) is 0 Å². The summed E-state index contributed by atoms with van der Waals surface area (Å²) in [5, 5.41) is 1.61. The predicted molar refractivity (Wildman–Crippen MR) is 196 cm³/mol. The van der Waals surface area contributed by atoms with Crippen molar-refractivity contribution in [3.8, 4) is 5.75 Å². The van der Waals surface area contributed by atoms with Gasteiger partial charge in [-0.2, -0.15) is 0 Å². The average Bonchev–Trinajstić information content (AvgIpc) is 3.05. The van der Waals surface area contributed by atoms with Gasteiger partial charge in [0.1, 0.15) is 12.4 Å². The van der Waals surface area contributed by atoms with E-state index in [-0.39, 0.29) is 17.0 Å². The van der Waals surface area contributed by atoms with Crippen molar-refractivity contribution in [1.82, 2.24) is 4.90 Å². The van der Waals surface area contributed by atoms with Crippen molar-refractivity contribution in [3.05, 3.63) is 131 Å². The quantitative estimate of drug-likeness (QED) is 0.0591. The number of hydrogen-bond donors (Lipinski definition) is 0. The molecule has 0 saturated carbocycles. The molecule has 4 aromatic carbocycles. The first-order valence-electron chi connectivity index (χ1n) is 16.7. The summed E-state index contributed by atoms with van der Waals surface area (Å²) in [5.74, 6) is 0.928. The molecule has 45 heavy (non-hydrogen) atoms. The summed E-state index contributed by atoms with van der Waals surface area (Å²) in [7, 11) is 4.59. The Hall–Kier alpha value is -2.71. The molecule has 0 amide bonds. The number of halogens is 1. The van der Waals surface area contributed by atoms with Crippen LogP contribution >= 0.6 is 8.58 Å². The Morgan fingerprint density at radius 3 is 1.76 bits per heavy atom. The maximum Gasteiger partial charge on any atom is 0.119 e. The lowest BCUT2D eigenvalue weighted by Gasteiger charge is -2.18. The summed E-state index contributed by atoms with van der Waals surface area (Å²) >= 11 is 0. The largest absolute Gasteiger partial charge is 1.00 e. The minimum absolute atomic E-state index is 0. The van der Waals surface area contributed by atoms with E-state index in [4.69, 9.17) is 4.74 Å². The van der Waals surface area contributed by atoms with Gasteiger partial charge in [-0.1, -0.05) is 123 Å². The van der Waals surface area contributed by atoms with Gasteiger partial charge in [-0.15, -0.1) is 0 Å². The molecule has 0 bridgehead atoms. The Morgan fingerprint density at radius 2 is 1.13 bits per heavy atom. The minimum atomic E-state index is 0. The van der Waals surface area contributed by atoms with Crippen molar-refractivity contribution in [2.24, 2.45) is 0 Å². The van der Waals surface area contributed by atoms with Gasteiger partial charge in [0.2, 0.25) is 0 Å². The second kappa shape index (κ2) is 21.2. The molecule has 4 rings (SSSR count). The minimum Gasteiger partial charge on any atom is -1.00 e. The lowest BCUT2D eigenvalue weighted by molar-refractivity contribution is -0.00000947. The third kappa shape index (κ3) is 12.9. The monoisotopic (exact) mass is 685 g/mol. The van der Waals surface area contributed by atoms with Crippen LogP contribution in [0.25, 0.3) is 11.1 Å². The van der Waals surface area contributed by atoms with E-state index >= 15 is 0 Å². The molecule has 0 N–H and O–H groups in total. The fourth-order valence-electron chi connectivity index (χ4n) is 5.82. The summed E-state index contributed by atoms with van der Waals surface area (Å²) in [4.78, 5) is 2.15. The topological polar surface area (TPSA) is 12.5 Å². The highest BCUT2D eigenvalue weighted by atomic mass is 79.9. The molecule has 0 aliphatic carbocycles. The summed E-state index contributed by atoms with van der Waals surface area (Å²) < 4.78 is 6.01. The van der Waals surface area contributed by atoms with Gasteiger partial charge >= 0.3 is 0 Å². The van der Waals surface area contributed by atoms with Gasteiger partial charge in [0.05, 0.1) is 11.5 Å². The molecule has 0 saturated heterocycles. The number of nitrogens with zero attached hydrogens (tertiary/aromatic N) is 1. The van der Waals surface area contributed by atoms with Crippen LogP contribution in [-0.4, -0.2) is 38.3 Å². The predicted octanol–water partition coefficient (Wildman–Crippen LogP) is 7.15. The van der Waals surface area contributed by atoms with Crippen molar-refractivity contribution in [3.63, 3.8) is 0 Å². The van der Waals surface area contributed by atoms with Gasteiger partial charge in [-0.25, -0.2) is 0 Å². The van der Waals surface area contributed by atoms with Crippen LogP contribution < -0.4 is 27.0 Å². The second-order valence-corrected chi connectivity index (χ2v) is 13.8. The van der Waals surface area contributed by atoms with Crippen molar-refractivity contribution in [2.45, 2.75) is 64.7 Å². The summed E-state index contributed by atoms with van der Waals surface area (Å²) in [6.07, 6.45) is 13.2. The zero-order chi connectivity index (χ0) is 30.8. The molecule has 1 unspecified atom stereocenters. The molecular weight excluding hydrogens is 633 g/mol. The van der Waals surface area contributed by atoms with E-state index in [0.29, 0.717) is 15.2 Å². The Bertz CT molecular complexity index is 1390. The lowest BCUT2D eigenvalue weighted by Crippen LogP contribution is -3.00. The van der Waals surface area contributed by atoms with E-state index in [0.717, 1.165) is 18.7 Å². The van der Waals surface area contributed by atoms with Crippen molar-refractivity contribution < 1.29 is 21.7 Å². The number of aryl methyl sites for hydroxylation is 1. The number of allylic oxidation sites excluding steroid dienone is 1. The summed E-state index contributed by atoms with van der Waals surface area (Å²) in [6, 6.07) is 39.6. The Labute approximate surface area is 285 Å². The van der Waals surface area contributed by atoms with Gasteiger partial charge in [0, 0.05) is 15.1 Å². The highest BCUT2D eigenvalue weighted by molar-refractivity contribution is 7.47. The highest BCUT2D eigenvalue weighted by Crippen LogP contribution is 2.36. The lowest BCUT2D eigenvalue weighted by atomic mass is 9.86.